The molecular formula is C18H17NO2S. The van der Waals surface area contributed by atoms with Gasteiger partial charge in [0.2, 0.25) is 0 Å². The smallest absolute Gasteiger partial charge is 0.253 e. The van der Waals surface area contributed by atoms with E-state index in [0.29, 0.717) is 12.1 Å². The van der Waals surface area contributed by atoms with Crippen LogP contribution in [0.15, 0.2) is 60.0 Å². The number of nitrogens with one attached hydrogen (secondary N) is 1. The summed E-state index contributed by atoms with van der Waals surface area (Å²) in [6.45, 7) is 0.516. The minimum absolute atomic E-state index is 0.348. The molecule has 4 heteroatoms. The first-order valence-corrected chi connectivity index (χ1v) is 8.09. The van der Waals surface area contributed by atoms with Crippen molar-refractivity contribution in [3.8, 4) is 0 Å². The fraction of sp³-hybridized carbons (Fsp3) is 0.167. The van der Waals surface area contributed by atoms with E-state index in [4.69, 9.17) is 0 Å². The minimum Gasteiger partial charge on any atom is -0.378 e. The van der Waals surface area contributed by atoms with E-state index in [1.54, 1.807) is 11.3 Å². The van der Waals surface area contributed by atoms with Gasteiger partial charge in [0.25, 0.3) is 5.91 Å². The Bertz CT molecular complexity index is 767. The molecule has 22 heavy (non-hydrogen) atoms. The average molecular weight is 311 g/mol. The van der Waals surface area contributed by atoms with E-state index in [0.717, 1.165) is 16.5 Å². The highest BCUT2D eigenvalue weighted by molar-refractivity contribution is 7.17. The van der Waals surface area contributed by atoms with Crippen LogP contribution in [0.2, 0.25) is 0 Å². The summed E-state index contributed by atoms with van der Waals surface area (Å²) in [5.41, 5.74) is 1.84. The lowest BCUT2D eigenvalue weighted by molar-refractivity contribution is -0.129. The van der Waals surface area contributed by atoms with Gasteiger partial charge in [0.05, 0.1) is 0 Å². The number of hydrogen-bond acceptors (Lipinski definition) is 3. The first-order valence-electron chi connectivity index (χ1n) is 7.21. The molecule has 0 aliphatic heterocycles. The normalized spacial score (nSPS) is 12.2. The summed E-state index contributed by atoms with van der Waals surface area (Å²) in [7, 11) is 0. The van der Waals surface area contributed by atoms with E-state index in [2.05, 4.69) is 5.32 Å². The van der Waals surface area contributed by atoms with Gasteiger partial charge in [-0.2, -0.15) is 0 Å². The van der Waals surface area contributed by atoms with Crippen molar-refractivity contribution in [3.05, 3.63) is 71.1 Å². The maximum absolute atomic E-state index is 12.1. The van der Waals surface area contributed by atoms with Crippen molar-refractivity contribution in [1.82, 2.24) is 5.32 Å². The second kappa shape index (κ2) is 6.73. The first-order chi connectivity index (χ1) is 10.8. The van der Waals surface area contributed by atoms with E-state index in [1.807, 2.05) is 60.0 Å². The van der Waals surface area contributed by atoms with E-state index in [1.165, 1.54) is 5.56 Å². The number of hydrogen-bond donors (Lipinski definition) is 2. The number of benzene rings is 2. The van der Waals surface area contributed by atoms with Gasteiger partial charge in [0.15, 0.2) is 6.10 Å². The zero-order chi connectivity index (χ0) is 15.4. The highest BCUT2D eigenvalue weighted by Gasteiger charge is 2.20. The van der Waals surface area contributed by atoms with Crippen LogP contribution in [0.4, 0.5) is 0 Å². The Labute approximate surface area is 133 Å². The van der Waals surface area contributed by atoms with E-state index in [9.17, 15) is 9.90 Å². The largest absolute Gasteiger partial charge is 0.378 e. The van der Waals surface area contributed by atoms with Crippen molar-refractivity contribution >= 4 is 27.3 Å². The Morgan fingerprint density at radius 3 is 2.64 bits per heavy atom. The van der Waals surface area contributed by atoms with E-state index >= 15 is 0 Å². The summed E-state index contributed by atoms with van der Waals surface area (Å²) in [4.78, 5) is 12.1. The second-order valence-corrected chi connectivity index (χ2v) is 6.03. The van der Waals surface area contributed by atoms with E-state index in [-0.39, 0.29) is 5.91 Å². The van der Waals surface area contributed by atoms with Crippen LogP contribution in [-0.2, 0) is 11.2 Å². The third kappa shape index (κ3) is 3.18. The molecule has 112 valence electrons. The van der Waals surface area contributed by atoms with Crippen molar-refractivity contribution in [2.24, 2.45) is 0 Å². The molecule has 0 saturated heterocycles. The van der Waals surface area contributed by atoms with Gasteiger partial charge in [-0.15, -0.1) is 11.3 Å². The number of fused-ring (bicyclic) bond motifs is 1. The van der Waals surface area contributed by atoms with Crippen molar-refractivity contribution < 1.29 is 9.90 Å². The molecule has 0 bridgehead atoms. The van der Waals surface area contributed by atoms with Crippen LogP contribution < -0.4 is 5.32 Å². The molecule has 0 spiro atoms. The zero-order valence-corrected chi connectivity index (χ0v) is 12.8. The highest BCUT2D eigenvalue weighted by Crippen LogP contribution is 2.30. The standard InChI is InChI=1S/C18H17NO2S/c20-17(15-12-22-16-9-5-4-8-14(15)16)18(21)19-11-10-13-6-2-1-3-7-13/h1-9,12,17,20H,10-11H2,(H,19,21). The van der Waals surface area contributed by atoms with Gasteiger partial charge in [0.1, 0.15) is 0 Å². The van der Waals surface area contributed by atoms with Crippen LogP contribution in [-0.4, -0.2) is 17.6 Å². The summed E-state index contributed by atoms with van der Waals surface area (Å²) < 4.78 is 1.08. The minimum atomic E-state index is -1.12. The lowest BCUT2D eigenvalue weighted by Crippen LogP contribution is -2.30. The lowest BCUT2D eigenvalue weighted by atomic mass is 10.1. The van der Waals surface area contributed by atoms with Gasteiger partial charge in [-0.1, -0.05) is 48.5 Å². The van der Waals surface area contributed by atoms with Crippen molar-refractivity contribution in [1.29, 1.82) is 0 Å². The molecular weight excluding hydrogens is 294 g/mol. The number of rotatable bonds is 5. The Balaban J connectivity index is 1.62. The Hall–Kier alpha value is -2.17. The fourth-order valence-corrected chi connectivity index (χ4v) is 3.40. The molecule has 3 rings (SSSR count). The summed E-state index contributed by atoms with van der Waals surface area (Å²) in [6, 6.07) is 17.8. The summed E-state index contributed by atoms with van der Waals surface area (Å²) in [5.74, 6) is -0.348. The van der Waals surface area contributed by atoms with Crippen LogP contribution in [0.25, 0.3) is 10.1 Å². The lowest BCUT2D eigenvalue weighted by Gasteiger charge is -2.11. The van der Waals surface area contributed by atoms with Gasteiger partial charge >= 0.3 is 0 Å². The molecule has 3 nitrogen and oxygen atoms in total. The van der Waals surface area contributed by atoms with Gasteiger partial charge in [-0.3, -0.25) is 4.79 Å². The number of thiophene rings is 1. The highest BCUT2D eigenvalue weighted by atomic mass is 32.1. The monoisotopic (exact) mass is 311 g/mol. The van der Waals surface area contributed by atoms with Gasteiger partial charge in [-0.05, 0) is 28.8 Å². The molecule has 0 fully saturated rings. The average Bonchev–Trinajstić information content (AvgIpc) is 2.99. The zero-order valence-electron chi connectivity index (χ0n) is 12.0. The molecule has 0 radical (unpaired) electrons. The van der Waals surface area contributed by atoms with Gasteiger partial charge in [0, 0.05) is 16.8 Å². The van der Waals surface area contributed by atoms with Crippen molar-refractivity contribution in [3.63, 3.8) is 0 Å². The Morgan fingerprint density at radius 2 is 1.82 bits per heavy atom. The fourth-order valence-electron chi connectivity index (χ4n) is 2.42. The van der Waals surface area contributed by atoms with Crippen LogP contribution >= 0.6 is 11.3 Å². The second-order valence-electron chi connectivity index (χ2n) is 5.12. The first kappa shape index (κ1) is 14.8. The maximum atomic E-state index is 12.1. The number of aliphatic hydroxyl groups is 1. The molecule has 2 N–H and O–H groups in total. The number of carbonyl (C=O) groups is 1. The Morgan fingerprint density at radius 1 is 1.09 bits per heavy atom. The van der Waals surface area contributed by atoms with Crippen LogP contribution in [0.5, 0.6) is 0 Å². The third-order valence-electron chi connectivity index (χ3n) is 3.61. The van der Waals surface area contributed by atoms with Crippen LogP contribution in [0, 0.1) is 0 Å². The molecule has 1 atom stereocenters. The Kier molecular flexibility index (Phi) is 4.51. The number of amides is 1. The molecule has 3 aromatic rings. The van der Waals surface area contributed by atoms with Crippen LogP contribution in [0.3, 0.4) is 0 Å². The molecule has 1 aromatic heterocycles. The molecule has 0 aliphatic carbocycles. The summed E-state index contributed by atoms with van der Waals surface area (Å²) in [5, 5.41) is 15.9. The van der Waals surface area contributed by atoms with Gasteiger partial charge < -0.3 is 10.4 Å². The van der Waals surface area contributed by atoms with Crippen molar-refractivity contribution in [2.45, 2.75) is 12.5 Å². The quantitative estimate of drug-likeness (QED) is 0.759. The molecule has 0 aliphatic rings. The SMILES string of the molecule is O=C(NCCc1ccccc1)C(O)c1csc2ccccc12. The maximum Gasteiger partial charge on any atom is 0.253 e. The molecule has 1 heterocycles. The van der Waals surface area contributed by atoms with Crippen LogP contribution in [0.1, 0.15) is 17.2 Å². The van der Waals surface area contributed by atoms with E-state index < -0.39 is 6.10 Å². The van der Waals surface area contributed by atoms with Crippen molar-refractivity contribution in [2.75, 3.05) is 6.54 Å². The predicted molar refractivity (Wildman–Crippen MR) is 89.9 cm³/mol. The molecule has 2 aromatic carbocycles. The number of carbonyl (C=O) groups excluding carboxylic acids is 1. The van der Waals surface area contributed by atoms with Gasteiger partial charge in [-0.25, -0.2) is 0 Å². The third-order valence-corrected chi connectivity index (χ3v) is 4.59. The molecule has 1 amide bonds. The summed E-state index contributed by atoms with van der Waals surface area (Å²) in [6.07, 6.45) is -0.365. The number of aliphatic hydroxyl groups excluding tert-OH is 1. The molecule has 0 saturated carbocycles. The summed E-state index contributed by atoms with van der Waals surface area (Å²) >= 11 is 1.54. The predicted octanol–water partition coefficient (Wildman–Crippen LogP) is 3.29. The molecule has 1 unspecified atom stereocenters. The topological polar surface area (TPSA) is 49.3 Å².